The van der Waals surface area contributed by atoms with Crippen molar-refractivity contribution in [1.29, 1.82) is 0 Å². The fourth-order valence-corrected chi connectivity index (χ4v) is 2.94. The number of carboxylic acid groups (broad SMARTS) is 1. The summed E-state index contributed by atoms with van der Waals surface area (Å²) in [6, 6.07) is 10.4. The van der Waals surface area contributed by atoms with Crippen LogP contribution >= 0.6 is 0 Å². The molecule has 1 aliphatic carbocycles. The van der Waals surface area contributed by atoms with E-state index < -0.39 is 5.97 Å². The first-order valence-corrected chi connectivity index (χ1v) is 7.87. The van der Waals surface area contributed by atoms with Crippen molar-refractivity contribution < 1.29 is 9.90 Å². The average Bonchev–Trinajstić information content (AvgIpc) is 3.23. The van der Waals surface area contributed by atoms with Crippen LogP contribution in [0.1, 0.15) is 49.8 Å². The molecule has 5 nitrogen and oxygen atoms in total. The maximum absolute atomic E-state index is 10.7. The summed E-state index contributed by atoms with van der Waals surface area (Å²) in [5.41, 5.74) is 1.25. The third-order valence-corrected chi connectivity index (χ3v) is 4.34. The molecule has 5 heteroatoms. The van der Waals surface area contributed by atoms with Crippen molar-refractivity contribution in [2.75, 3.05) is 0 Å². The SMILES string of the molecule is CCn1nc(C2(c3ccccc3)CC2)nc1CCCC(=O)O. The largest absolute Gasteiger partial charge is 0.481 e. The van der Waals surface area contributed by atoms with Crippen LogP contribution in [0.2, 0.25) is 0 Å². The van der Waals surface area contributed by atoms with Crippen molar-refractivity contribution in [3.8, 4) is 0 Å². The minimum absolute atomic E-state index is 0.0246. The molecule has 1 aromatic heterocycles. The molecule has 0 saturated heterocycles. The summed E-state index contributed by atoms with van der Waals surface area (Å²) in [5, 5.41) is 13.5. The molecule has 1 saturated carbocycles. The summed E-state index contributed by atoms with van der Waals surface area (Å²) < 4.78 is 1.92. The molecular formula is C17H21N3O2. The van der Waals surface area contributed by atoms with Crippen molar-refractivity contribution in [1.82, 2.24) is 14.8 Å². The molecule has 0 radical (unpaired) electrons. The minimum Gasteiger partial charge on any atom is -0.481 e. The highest BCUT2D eigenvalue weighted by Crippen LogP contribution is 2.52. The molecule has 0 atom stereocenters. The number of carboxylic acids is 1. The molecule has 2 aromatic rings. The van der Waals surface area contributed by atoms with Gasteiger partial charge in [-0.2, -0.15) is 5.10 Å². The average molecular weight is 299 g/mol. The third-order valence-electron chi connectivity index (χ3n) is 4.34. The van der Waals surface area contributed by atoms with Crippen LogP contribution in [0, 0.1) is 0 Å². The van der Waals surface area contributed by atoms with Gasteiger partial charge in [0.2, 0.25) is 0 Å². The topological polar surface area (TPSA) is 68.0 Å². The van der Waals surface area contributed by atoms with Crippen molar-refractivity contribution in [2.45, 2.75) is 51.0 Å². The van der Waals surface area contributed by atoms with Crippen LogP contribution in [0.3, 0.4) is 0 Å². The van der Waals surface area contributed by atoms with Gasteiger partial charge < -0.3 is 5.11 Å². The second-order valence-electron chi connectivity index (χ2n) is 5.86. The van der Waals surface area contributed by atoms with E-state index in [1.165, 1.54) is 5.56 Å². The van der Waals surface area contributed by atoms with Gasteiger partial charge in [-0.1, -0.05) is 30.3 Å². The Bertz CT molecular complexity index is 660. The normalized spacial score (nSPS) is 15.7. The highest BCUT2D eigenvalue weighted by Gasteiger charge is 2.49. The van der Waals surface area contributed by atoms with Gasteiger partial charge in [-0.3, -0.25) is 9.48 Å². The monoisotopic (exact) mass is 299 g/mol. The Morgan fingerprint density at radius 1 is 1.32 bits per heavy atom. The molecule has 0 unspecified atom stereocenters. The highest BCUT2D eigenvalue weighted by atomic mass is 16.4. The lowest BCUT2D eigenvalue weighted by atomic mass is 9.95. The molecule has 1 fully saturated rings. The van der Waals surface area contributed by atoms with Gasteiger partial charge in [-0.15, -0.1) is 0 Å². The summed E-state index contributed by atoms with van der Waals surface area (Å²) in [6.07, 6.45) is 3.61. The van der Waals surface area contributed by atoms with E-state index in [9.17, 15) is 4.79 Å². The second kappa shape index (κ2) is 5.91. The Hall–Kier alpha value is -2.17. The van der Waals surface area contributed by atoms with E-state index in [4.69, 9.17) is 15.2 Å². The lowest BCUT2D eigenvalue weighted by molar-refractivity contribution is -0.137. The number of aromatic nitrogens is 3. The molecule has 0 spiro atoms. The quantitative estimate of drug-likeness (QED) is 0.853. The van der Waals surface area contributed by atoms with Crippen LogP contribution in [0.5, 0.6) is 0 Å². The molecule has 0 aliphatic heterocycles. The molecule has 116 valence electrons. The summed E-state index contributed by atoms with van der Waals surface area (Å²) in [5.74, 6) is 1.04. The van der Waals surface area contributed by atoms with E-state index in [1.54, 1.807) is 0 Å². The summed E-state index contributed by atoms with van der Waals surface area (Å²) in [7, 11) is 0. The highest BCUT2D eigenvalue weighted by molar-refractivity contribution is 5.66. The Balaban J connectivity index is 1.83. The number of carbonyl (C=O) groups is 1. The Kier molecular flexibility index (Phi) is 3.96. The van der Waals surface area contributed by atoms with Crippen LogP contribution in [0.25, 0.3) is 0 Å². The van der Waals surface area contributed by atoms with E-state index in [0.29, 0.717) is 12.8 Å². The maximum atomic E-state index is 10.7. The van der Waals surface area contributed by atoms with Crippen molar-refractivity contribution in [3.63, 3.8) is 0 Å². The van der Waals surface area contributed by atoms with Gasteiger partial charge in [0.1, 0.15) is 5.82 Å². The second-order valence-corrected chi connectivity index (χ2v) is 5.86. The minimum atomic E-state index is -0.759. The molecule has 1 heterocycles. The number of hydrogen-bond donors (Lipinski definition) is 1. The fourth-order valence-electron chi connectivity index (χ4n) is 2.94. The van der Waals surface area contributed by atoms with Gasteiger partial charge in [-0.25, -0.2) is 4.98 Å². The van der Waals surface area contributed by atoms with Crippen LogP contribution < -0.4 is 0 Å². The van der Waals surface area contributed by atoms with Crippen LogP contribution in [0.15, 0.2) is 30.3 Å². The first-order valence-electron chi connectivity index (χ1n) is 7.87. The van der Waals surface area contributed by atoms with E-state index in [-0.39, 0.29) is 11.8 Å². The van der Waals surface area contributed by atoms with Crippen molar-refractivity contribution in [3.05, 3.63) is 47.5 Å². The van der Waals surface area contributed by atoms with Crippen LogP contribution in [-0.4, -0.2) is 25.8 Å². The van der Waals surface area contributed by atoms with Crippen molar-refractivity contribution in [2.24, 2.45) is 0 Å². The molecule has 0 bridgehead atoms. The predicted octanol–water partition coefficient (Wildman–Crippen LogP) is 2.79. The predicted molar refractivity (Wildman–Crippen MR) is 82.7 cm³/mol. The zero-order chi connectivity index (χ0) is 15.6. The zero-order valence-corrected chi connectivity index (χ0v) is 12.8. The Morgan fingerprint density at radius 3 is 2.64 bits per heavy atom. The number of hydrogen-bond acceptors (Lipinski definition) is 3. The number of aryl methyl sites for hydroxylation is 2. The summed E-state index contributed by atoms with van der Waals surface area (Å²) >= 11 is 0. The lowest BCUT2D eigenvalue weighted by Gasteiger charge is -2.11. The smallest absolute Gasteiger partial charge is 0.303 e. The van der Waals surface area contributed by atoms with Crippen molar-refractivity contribution >= 4 is 5.97 Å². The lowest BCUT2D eigenvalue weighted by Crippen LogP contribution is -2.11. The van der Waals surface area contributed by atoms with E-state index >= 15 is 0 Å². The van der Waals surface area contributed by atoms with E-state index in [0.717, 1.165) is 31.0 Å². The van der Waals surface area contributed by atoms with Crippen LogP contribution in [-0.2, 0) is 23.2 Å². The molecule has 3 rings (SSSR count). The third kappa shape index (κ3) is 2.75. The van der Waals surface area contributed by atoms with Gasteiger partial charge in [-0.05, 0) is 31.7 Å². The maximum Gasteiger partial charge on any atom is 0.303 e. The molecular weight excluding hydrogens is 278 g/mol. The van der Waals surface area contributed by atoms with Gasteiger partial charge >= 0.3 is 5.97 Å². The summed E-state index contributed by atoms with van der Waals surface area (Å²) in [6.45, 7) is 2.81. The zero-order valence-electron chi connectivity index (χ0n) is 12.8. The Labute approximate surface area is 130 Å². The summed E-state index contributed by atoms with van der Waals surface area (Å²) in [4.78, 5) is 15.4. The van der Waals surface area contributed by atoms with Gasteiger partial charge in [0.05, 0.1) is 5.41 Å². The molecule has 0 amide bonds. The van der Waals surface area contributed by atoms with Gasteiger partial charge in [0.25, 0.3) is 0 Å². The van der Waals surface area contributed by atoms with E-state index in [2.05, 4.69) is 24.3 Å². The standard InChI is InChI=1S/C17H21N3O2/c1-2-20-14(9-6-10-15(21)22)18-16(19-20)17(11-12-17)13-7-4-3-5-8-13/h3-5,7-8H,2,6,9-12H2,1H3,(H,21,22). The van der Waals surface area contributed by atoms with E-state index in [1.807, 2.05) is 17.7 Å². The number of benzene rings is 1. The number of nitrogens with zero attached hydrogens (tertiary/aromatic N) is 3. The molecule has 1 aliphatic rings. The number of rotatable bonds is 7. The first kappa shape index (κ1) is 14.8. The molecule has 1 N–H and O–H groups in total. The van der Waals surface area contributed by atoms with Gasteiger partial charge in [0, 0.05) is 19.4 Å². The molecule has 22 heavy (non-hydrogen) atoms. The fraction of sp³-hybridized carbons (Fsp3) is 0.471. The first-order chi connectivity index (χ1) is 10.7. The number of aliphatic carboxylic acids is 1. The Morgan fingerprint density at radius 2 is 2.05 bits per heavy atom. The van der Waals surface area contributed by atoms with Gasteiger partial charge in [0.15, 0.2) is 5.82 Å². The van der Waals surface area contributed by atoms with Crippen LogP contribution in [0.4, 0.5) is 0 Å². The molecule has 1 aromatic carbocycles.